The number of nitrogens with zero attached hydrogens (tertiary/aromatic N) is 5. The molecule has 1 aliphatic carbocycles. The Balaban J connectivity index is 0.930. The molecule has 0 fully saturated rings. The fraction of sp³-hybridized carbons (Fsp3) is 0. The van der Waals surface area contributed by atoms with Gasteiger partial charge in [0, 0.05) is 49.6 Å². The van der Waals surface area contributed by atoms with Crippen molar-refractivity contribution in [2.75, 3.05) is 0 Å². The van der Waals surface area contributed by atoms with Gasteiger partial charge in [-0.15, -0.1) is 0 Å². The first-order valence-corrected chi connectivity index (χ1v) is 24.5. The Hall–Kier alpha value is -9.71. The Kier molecular flexibility index (Phi) is 8.89. The average molecular weight is 916 g/mol. The van der Waals surface area contributed by atoms with Crippen molar-refractivity contribution in [2.24, 2.45) is 0 Å². The van der Waals surface area contributed by atoms with Crippen molar-refractivity contribution in [1.82, 2.24) is 24.1 Å². The first-order valence-electron chi connectivity index (χ1n) is 24.5. The molecule has 0 bridgehead atoms. The van der Waals surface area contributed by atoms with Crippen LogP contribution in [0.5, 0.6) is 0 Å². The van der Waals surface area contributed by atoms with Gasteiger partial charge in [0.2, 0.25) is 0 Å². The summed E-state index contributed by atoms with van der Waals surface area (Å²) >= 11 is 0. The number of fused-ring (bicyclic) bond motifs is 10. The second-order valence-corrected chi connectivity index (χ2v) is 18.7. The summed E-state index contributed by atoms with van der Waals surface area (Å²) in [5.74, 6) is 1.87. The maximum atomic E-state index is 5.22. The molecule has 1 aliphatic rings. The molecular weight excluding hydrogens is 875 g/mol. The first-order chi connectivity index (χ1) is 35.7. The number of hydrogen-bond acceptors (Lipinski definition) is 3. The molecule has 11 aromatic carbocycles. The molecule has 0 saturated carbocycles. The molecule has 5 nitrogen and oxygen atoms in total. The molecule has 72 heavy (non-hydrogen) atoms. The topological polar surface area (TPSA) is 48.5 Å². The summed E-state index contributed by atoms with van der Waals surface area (Å²) in [5, 5.41) is 7.47. The highest BCUT2D eigenvalue weighted by atomic mass is 15.0. The standard InChI is InChI=1S/C67H41N5/c1-4-16-42(17-5-1)43-30-32-45(33-31-43)66-68-65(44-18-6-2-7-19-44)69-67(70-66)48-20-14-23-50(38-48)72-61-37-35-47(46-34-36-60-56(39-46)53-26-12-13-29-59(53)71(60)49-21-8-3-9-22-49)40-58(61)64-55-28-15-27-54-51-24-10-11-25-52(51)57(63(54)55)41-62(64)72/h1-41H. The number of aromatic nitrogens is 5. The molecule has 5 heteroatoms. The van der Waals surface area contributed by atoms with Crippen molar-refractivity contribution in [1.29, 1.82) is 0 Å². The van der Waals surface area contributed by atoms with Gasteiger partial charge in [-0.05, 0) is 116 Å². The number of para-hydroxylation sites is 2. The Morgan fingerprint density at radius 1 is 0.222 bits per heavy atom. The largest absolute Gasteiger partial charge is 0.309 e. The van der Waals surface area contributed by atoms with E-state index in [9.17, 15) is 0 Å². The lowest BCUT2D eigenvalue weighted by Crippen LogP contribution is -2.01. The first kappa shape index (κ1) is 40.2. The third-order valence-electron chi connectivity index (χ3n) is 14.7. The van der Waals surface area contributed by atoms with Crippen LogP contribution in [0.25, 0.3) is 144 Å². The number of rotatable bonds is 7. The van der Waals surface area contributed by atoms with Crippen molar-refractivity contribution in [3.63, 3.8) is 0 Å². The van der Waals surface area contributed by atoms with Crippen molar-refractivity contribution >= 4 is 54.4 Å². The molecule has 0 amide bonds. The van der Waals surface area contributed by atoms with Crippen molar-refractivity contribution in [3.05, 3.63) is 249 Å². The maximum Gasteiger partial charge on any atom is 0.164 e. The molecular formula is C67H41N5. The highest BCUT2D eigenvalue weighted by Gasteiger charge is 2.26. The molecule has 14 aromatic rings. The minimum Gasteiger partial charge on any atom is -0.309 e. The van der Waals surface area contributed by atoms with E-state index in [1.165, 1.54) is 82.3 Å². The molecule has 0 spiro atoms. The quantitative estimate of drug-likeness (QED) is 0.160. The molecule has 0 radical (unpaired) electrons. The highest BCUT2D eigenvalue weighted by molar-refractivity contribution is 6.29. The molecule has 3 aromatic heterocycles. The van der Waals surface area contributed by atoms with Crippen LogP contribution in [0.2, 0.25) is 0 Å². The van der Waals surface area contributed by atoms with Gasteiger partial charge in [0.25, 0.3) is 0 Å². The van der Waals surface area contributed by atoms with Crippen LogP contribution >= 0.6 is 0 Å². The summed E-state index contributed by atoms with van der Waals surface area (Å²) in [6.45, 7) is 0. The van der Waals surface area contributed by atoms with E-state index in [4.69, 9.17) is 15.0 Å². The lowest BCUT2D eigenvalue weighted by molar-refractivity contribution is 1.07. The minimum atomic E-state index is 0.613. The van der Waals surface area contributed by atoms with E-state index in [0.717, 1.165) is 44.7 Å². The molecule has 0 N–H and O–H groups in total. The van der Waals surface area contributed by atoms with Gasteiger partial charge in [-0.2, -0.15) is 0 Å². The van der Waals surface area contributed by atoms with Crippen molar-refractivity contribution in [3.8, 4) is 90.0 Å². The second kappa shape index (κ2) is 15.9. The van der Waals surface area contributed by atoms with Crippen LogP contribution in [0, 0.1) is 0 Å². The van der Waals surface area contributed by atoms with Crippen LogP contribution < -0.4 is 0 Å². The smallest absolute Gasteiger partial charge is 0.164 e. The van der Waals surface area contributed by atoms with Gasteiger partial charge in [0.15, 0.2) is 17.5 Å². The van der Waals surface area contributed by atoms with Crippen molar-refractivity contribution < 1.29 is 0 Å². The van der Waals surface area contributed by atoms with Crippen molar-refractivity contribution in [2.45, 2.75) is 0 Å². The zero-order valence-electron chi connectivity index (χ0n) is 38.9. The molecule has 0 unspecified atom stereocenters. The summed E-state index contributed by atoms with van der Waals surface area (Å²) in [5.41, 5.74) is 19.4. The fourth-order valence-corrected chi connectivity index (χ4v) is 11.4. The van der Waals surface area contributed by atoms with Gasteiger partial charge < -0.3 is 9.13 Å². The second-order valence-electron chi connectivity index (χ2n) is 18.7. The van der Waals surface area contributed by atoms with E-state index < -0.39 is 0 Å². The molecule has 0 aliphatic heterocycles. The van der Waals surface area contributed by atoms with Crippen LogP contribution in [-0.2, 0) is 0 Å². The lowest BCUT2D eigenvalue weighted by atomic mass is 9.96. The normalized spacial score (nSPS) is 11.9. The maximum absolute atomic E-state index is 5.22. The van der Waals surface area contributed by atoms with Gasteiger partial charge >= 0.3 is 0 Å². The average Bonchev–Trinajstić information content (AvgIpc) is 4.09. The summed E-state index contributed by atoms with van der Waals surface area (Å²) in [6.07, 6.45) is 0. The Morgan fingerprint density at radius 2 is 0.681 bits per heavy atom. The minimum absolute atomic E-state index is 0.613. The van der Waals surface area contributed by atoms with E-state index in [2.05, 4.69) is 234 Å². The Morgan fingerprint density at radius 3 is 1.42 bits per heavy atom. The summed E-state index contributed by atoms with van der Waals surface area (Å²) in [6, 6.07) is 89.3. The monoisotopic (exact) mass is 915 g/mol. The van der Waals surface area contributed by atoms with Crippen LogP contribution in [-0.4, -0.2) is 24.1 Å². The summed E-state index contributed by atoms with van der Waals surface area (Å²) in [7, 11) is 0. The van der Waals surface area contributed by atoms with Crippen LogP contribution in [0.15, 0.2) is 249 Å². The molecule has 0 atom stereocenters. The third kappa shape index (κ3) is 6.24. The Labute approximate surface area is 415 Å². The molecule has 0 saturated heterocycles. The van der Waals surface area contributed by atoms with E-state index in [1.54, 1.807) is 0 Å². The SMILES string of the molecule is c1ccc(-c2ccc(-c3nc(-c4ccccc4)nc(-c4cccc(-n5c6ccc(-c7ccc8c(c7)c7ccccc7n8-c7ccccc7)cc6c6c7cccc8c7c(cc65)-c5ccccc5-8)c4)n3)cc2)cc1. The zero-order chi connectivity index (χ0) is 47.3. The highest BCUT2D eigenvalue weighted by Crippen LogP contribution is 2.51. The predicted molar refractivity (Wildman–Crippen MR) is 298 cm³/mol. The zero-order valence-corrected chi connectivity index (χ0v) is 38.9. The van der Waals surface area contributed by atoms with Gasteiger partial charge in [0.05, 0.1) is 22.1 Å². The van der Waals surface area contributed by atoms with Gasteiger partial charge in [-0.3, -0.25) is 0 Å². The van der Waals surface area contributed by atoms with E-state index in [0.29, 0.717) is 17.5 Å². The fourth-order valence-electron chi connectivity index (χ4n) is 11.4. The van der Waals surface area contributed by atoms with E-state index in [-0.39, 0.29) is 0 Å². The van der Waals surface area contributed by atoms with E-state index >= 15 is 0 Å². The third-order valence-corrected chi connectivity index (χ3v) is 14.7. The molecule has 15 rings (SSSR count). The number of hydrogen-bond donors (Lipinski definition) is 0. The Bertz CT molecular complexity index is 4480. The van der Waals surface area contributed by atoms with Gasteiger partial charge in [-0.1, -0.05) is 188 Å². The van der Waals surface area contributed by atoms with Crippen LogP contribution in [0.3, 0.4) is 0 Å². The summed E-state index contributed by atoms with van der Waals surface area (Å²) < 4.78 is 4.82. The number of benzene rings is 11. The lowest BCUT2D eigenvalue weighted by Gasteiger charge is -2.13. The van der Waals surface area contributed by atoms with Crippen LogP contribution in [0.1, 0.15) is 0 Å². The van der Waals surface area contributed by atoms with Crippen LogP contribution in [0.4, 0.5) is 0 Å². The van der Waals surface area contributed by atoms with Gasteiger partial charge in [-0.25, -0.2) is 15.0 Å². The van der Waals surface area contributed by atoms with Gasteiger partial charge in [0.1, 0.15) is 0 Å². The predicted octanol–water partition coefficient (Wildman–Crippen LogP) is 17.2. The molecule has 3 heterocycles. The molecule has 334 valence electrons. The van der Waals surface area contributed by atoms with E-state index in [1.807, 2.05) is 24.3 Å². The summed E-state index contributed by atoms with van der Waals surface area (Å²) in [4.78, 5) is 15.5.